The molecule has 5 nitrogen and oxygen atoms in total. The Bertz CT molecular complexity index is 877. The third-order valence-electron chi connectivity index (χ3n) is 3.81. The van der Waals surface area contributed by atoms with Gasteiger partial charge in [0.1, 0.15) is 5.75 Å². The first-order valence-corrected chi connectivity index (χ1v) is 8.77. The lowest BCUT2D eigenvalue weighted by Crippen LogP contribution is -2.24. The van der Waals surface area contributed by atoms with Gasteiger partial charge in [0, 0.05) is 28.9 Å². The van der Waals surface area contributed by atoms with Crippen LogP contribution in [-0.4, -0.2) is 21.4 Å². The number of carbonyl (C=O) groups is 1. The average molecular weight is 349 g/mol. The van der Waals surface area contributed by atoms with E-state index < -0.39 is 0 Å². The second-order valence-electron chi connectivity index (χ2n) is 5.60. The summed E-state index contributed by atoms with van der Waals surface area (Å²) in [7, 11) is 0. The first-order chi connectivity index (χ1) is 12.3. The maximum atomic E-state index is 12.6. The number of rotatable bonds is 4. The summed E-state index contributed by atoms with van der Waals surface area (Å²) in [6.07, 6.45) is 2.34. The molecule has 0 saturated heterocycles. The molecule has 0 saturated carbocycles. The highest BCUT2D eigenvalue weighted by Gasteiger charge is 2.27. The van der Waals surface area contributed by atoms with Gasteiger partial charge in [-0.15, -0.1) is 16.9 Å². The summed E-state index contributed by atoms with van der Waals surface area (Å²) in [6.45, 7) is 0. The summed E-state index contributed by atoms with van der Waals surface area (Å²) in [5.41, 5.74) is 1.93. The van der Waals surface area contributed by atoms with E-state index >= 15 is 0 Å². The standard InChI is InChI=1S/C19H15N3O2S/c23-19(17-11-13-5-1-2-8-16(13)25-17)21-14-6-3-7-15(12-14)24-18-9-4-10-20-22-18/h1-10,12,17H,11H2,(H,21,23)/t17-/m1/s1. The predicted octanol–water partition coefficient (Wildman–Crippen LogP) is 3.92. The van der Waals surface area contributed by atoms with Crippen LogP contribution in [0.4, 0.5) is 5.69 Å². The van der Waals surface area contributed by atoms with Crippen molar-refractivity contribution in [3.63, 3.8) is 0 Å². The normalized spacial score (nSPS) is 15.4. The van der Waals surface area contributed by atoms with Crippen LogP contribution in [0.15, 0.2) is 71.8 Å². The van der Waals surface area contributed by atoms with Crippen molar-refractivity contribution in [2.24, 2.45) is 0 Å². The Morgan fingerprint density at radius 2 is 2.04 bits per heavy atom. The van der Waals surface area contributed by atoms with Gasteiger partial charge in [-0.25, -0.2) is 0 Å². The molecule has 1 aliphatic heterocycles. The van der Waals surface area contributed by atoms with Crippen LogP contribution in [0.25, 0.3) is 0 Å². The molecule has 1 aliphatic rings. The molecule has 1 atom stereocenters. The second-order valence-corrected chi connectivity index (χ2v) is 6.84. The molecule has 4 rings (SSSR count). The van der Waals surface area contributed by atoms with E-state index in [1.165, 1.54) is 10.5 Å². The Morgan fingerprint density at radius 1 is 1.12 bits per heavy atom. The molecular weight excluding hydrogens is 334 g/mol. The van der Waals surface area contributed by atoms with E-state index in [2.05, 4.69) is 27.6 Å². The Labute approximate surface area is 149 Å². The smallest absolute Gasteiger partial charge is 0.238 e. The minimum atomic E-state index is -0.109. The maximum absolute atomic E-state index is 12.6. The number of amides is 1. The van der Waals surface area contributed by atoms with Gasteiger partial charge in [-0.05, 0) is 36.2 Å². The number of aromatic nitrogens is 2. The highest BCUT2D eigenvalue weighted by molar-refractivity contribution is 8.01. The van der Waals surface area contributed by atoms with Crippen LogP contribution < -0.4 is 10.1 Å². The molecule has 2 heterocycles. The first-order valence-electron chi connectivity index (χ1n) is 7.89. The second kappa shape index (κ2) is 6.94. The zero-order valence-electron chi connectivity index (χ0n) is 13.3. The Hall–Kier alpha value is -2.86. The van der Waals surface area contributed by atoms with Crippen LogP contribution >= 0.6 is 11.8 Å². The molecule has 6 heteroatoms. The Morgan fingerprint density at radius 3 is 2.88 bits per heavy atom. The molecule has 0 bridgehead atoms. The summed E-state index contributed by atoms with van der Waals surface area (Å²) >= 11 is 1.61. The molecule has 0 spiro atoms. The van der Waals surface area contributed by atoms with E-state index in [-0.39, 0.29) is 11.2 Å². The minimum absolute atomic E-state index is 0.00199. The molecule has 0 radical (unpaired) electrons. The maximum Gasteiger partial charge on any atom is 0.238 e. The highest BCUT2D eigenvalue weighted by Crippen LogP contribution is 2.37. The highest BCUT2D eigenvalue weighted by atomic mass is 32.2. The summed E-state index contributed by atoms with van der Waals surface area (Å²) in [6, 6.07) is 18.9. The van der Waals surface area contributed by atoms with Gasteiger partial charge in [-0.1, -0.05) is 24.3 Å². The number of nitrogens with one attached hydrogen (secondary N) is 1. The molecule has 1 N–H and O–H groups in total. The van der Waals surface area contributed by atoms with E-state index in [4.69, 9.17) is 4.74 Å². The number of ether oxygens (including phenoxy) is 1. The van der Waals surface area contributed by atoms with Crippen molar-refractivity contribution < 1.29 is 9.53 Å². The third kappa shape index (κ3) is 3.64. The van der Waals surface area contributed by atoms with E-state index in [1.54, 1.807) is 36.2 Å². The van der Waals surface area contributed by atoms with E-state index in [9.17, 15) is 4.79 Å². The van der Waals surface area contributed by atoms with Gasteiger partial charge in [0.05, 0.1) is 5.25 Å². The van der Waals surface area contributed by atoms with Crippen LogP contribution in [0.3, 0.4) is 0 Å². The molecule has 2 aromatic carbocycles. The van der Waals surface area contributed by atoms with Gasteiger partial charge in [0.25, 0.3) is 0 Å². The topological polar surface area (TPSA) is 64.1 Å². The number of carbonyl (C=O) groups excluding carboxylic acids is 1. The molecule has 1 amide bonds. The van der Waals surface area contributed by atoms with Crippen LogP contribution in [0.2, 0.25) is 0 Å². The fourth-order valence-electron chi connectivity index (χ4n) is 2.65. The number of hydrogen-bond acceptors (Lipinski definition) is 5. The SMILES string of the molecule is O=C(Nc1cccc(Oc2cccnn2)c1)[C@H]1Cc2ccccc2S1. The summed E-state index contributed by atoms with van der Waals surface area (Å²) in [4.78, 5) is 13.7. The average Bonchev–Trinajstić information content (AvgIpc) is 3.07. The number of hydrogen-bond donors (Lipinski definition) is 1. The number of nitrogens with zero attached hydrogens (tertiary/aromatic N) is 2. The predicted molar refractivity (Wildman–Crippen MR) is 97.0 cm³/mol. The molecule has 124 valence electrons. The van der Waals surface area contributed by atoms with Crippen LogP contribution in [0, 0.1) is 0 Å². The zero-order chi connectivity index (χ0) is 17.1. The lowest BCUT2D eigenvalue weighted by molar-refractivity contribution is -0.115. The quantitative estimate of drug-likeness (QED) is 0.773. The van der Waals surface area contributed by atoms with Gasteiger partial charge in [0.2, 0.25) is 11.8 Å². The summed E-state index contributed by atoms with van der Waals surface area (Å²) in [5.74, 6) is 1.01. The van der Waals surface area contributed by atoms with Crippen LogP contribution in [0.5, 0.6) is 11.6 Å². The molecule has 3 aromatic rings. The van der Waals surface area contributed by atoms with E-state index in [0.29, 0.717) is 17.3 Å². The largest absolute Gasteiger partial charge is 0.437 e. The van der Waals surface area contributed by atoms with Gasteiger partial charge < -0.3 is 10.1 Å². The van der Waals surface area contributed by atoms with Gasteiger partial charge in [-0.2, -0.15) is 5.10 Å². The Kier molecular flexibility index (Phi) is 4.35. The van der Waals surface area contributed by atoms with Crippen molar-refractivity contribution in [2.45, 2.75) is 16.6 Å². The fraction of sp³-hybridized carbons (Fsp3) is 0.105. The third-order valence-corrected chi connectivity index (χ3v) is 5.13. The van der Waals surface area contributed by atoms with Crippen molar-refractivity contribution in [3.05, 3.63) is 72.4 Å². The van der Waals surface area contributed by atoms with Crippen molar-refractivity contribution in [1.82, 2.24) is 10.2 Å². The lowest BCUT2D eigenvalue weighted by atomic mass is 10.1. The fourth-order valence-corrected chi connectivity index (χ4v) is 3.85. The molecule has 25 heavy (non-hydrogen) atoms. The monoisotopic (exact) mass is 349 g/mol. The molecule has 1 aromatic heterocycles. The van der Waals surface area contributed by atoms with Gasteiger partial charge >= 0.3 is 0 Å². The molecule has 0 aliphatic carbocycles. The van der Waals surface area contributed by atoms with Crippen LogP contribution in [0.1, 0.15) is 5.56 Å². The lowest BCUT2D eigenvalue weighted by Gasteiger charge is -2.11. The van der Waals surface area contributed by atoms with Crippen molar-refractivity contribution in [2.75, 3.05) is 5.32 Å². The summed E-state index contributed by atoms with van der Waals surface area (Å²) in [5, 5.41) is 10.5. The molecule has 0 fully saturated rings. The van der Waals surface area contributed by atoms with Crippen molar-refractivity contribution in [3.8, 4) is 11.6 Å². The zero-order valence-corrected chi connectivity index (χ0v) is 14.1. The molecule has 0 unspecified atom stereocenters. The van der Waals surface area contributed by atoms with E-state index in [0.717, 1.165) is 6.42 Å². The number of anilines is 1. The van der Waals surface area contributed by atoms with E-state index in [1.807, 2.05) is 30.3 Å². The number of fused-ring (bicyclic) bond motifs is 1. The van der Waals surface area contributed by atoms with Gasteiger partial charge in [0.15, 0.2) is 0 Å². The van der Waals surface area contributed by atoms with Crippen molar-refractivity contribution in [1.29, 1.82) is 0 Å². The van der Waals surface area contributed by atoms with Crippen molar-refractivity contribution >= 4 is 23.4 Å². The number of benzene rings is 2. The Balaban J connectivity index is 1.43. The molecular formula is C19H15N3O2S. The van der Waals surface area contributed by atoms with Gasteiger partial charge in [-0.3, -0.25) is 4.79 Å². The first kappa shape index (κ1) is 15.7. The summed E-state index contributed by atoms with van der Waals surface area (Å²) < 4.78 is 5.65. The van der Waals surface area contributed by atoms with Crippen LogP contribution in [-0.2, 0) is 11.2 Å². The minimum Gasteiger partial charge on any atom is -0.437 e. The number of thioether (sulfide) groups is 1.